The summed E-state index contributed by atoms with van der Waals surface area (Å²) in [5.74, 6) is -0.0608. The number of carbonyl (C=O) groups excluding carboxylic acids is 2. The van der Waals surface area contributed by atoms with Crippen molar-refractivity contribution in [2.24, 2.45) is 0 Å². The van der Waals surface area contributed by atoms with Crippen LogP contribution in [-0.2, 0) is 0 Å². The van der Waals surface area contributed by atoms with Crippen LogP contribution in [0.3, 0.4) is 0 Å². The van der Waals surface area contributed by atoms with Crippen molar-refractivity contribution in [3.8, 4) is 0 Å². The normalized spacial score (nSPS) is 17.2. The number of hydrogen-bond acceptors (Lipinski definition) is 4. The Kier molecular flexibility index (Phi) is 4.22. The zero-order valence-corrected chi connectivity index (χ0v) is 14.9. The second-order valence-electron chi connectivity index (χ2n) is 6.49. The summed E-state index contributed by atoms with van der Waals surface area (Å²) in [6.07, 6.45) is 2.13. The number of likely N-dealkylation sites (tertiary alicyclic amines) is 1. The predicted octanol–water partition coefficient (Wildman–Crippen LogP) is 4.47. The van der Waals surface area contributed by atoms with Crippen molar-refractivity contribution in [1.82, 2.24) is 4.90 Å². The minimum absolute atomic E-state index is 0.0216. The highest BCUT2D eigenvalue weighted by Crippen LogP contribution is 2.39. The van der Waals surface area contributed by atoms with E-state index in [1.54, 1.807) is 12.1 Å². The maximum absolute atomic E-state index is 13.1. The lowest BCUT2D eigenvalue weighted by Gasteiger charge is -2.27. The van der Waals surface area contributed by atoms with Crippen molar-refractivity contribution >= 4 is 23.3 Å². The second kappa shape index (κ2) is 6.52. The van der Waals surface area contributed by atoms with Gasteiger partial charge in [-0.05, 0) is 31.9 Å². The SMILES string of the molecule is Cc1ccc(SC2=C(N3CCCC3)C(=O)c3ccccc3C2=O)cc1. The number of allylic oxidation sites excluding steroid dienone is 2. The summed E-state index contributed by atoms with van der Waals surface area (Å²) >= 11 is 1.41. The van der Waals surface area contributed by atoms with Crippen LogP contribution in [0.4, 0.5) is 0 Å². The van der Waals surface area contributed by atoms with Crippen LogP contribution in [0.1, 0.15) is 39.1 Å². The fourth-order valence-corrected chi connectivity index (χ4v) is 4.42. The van der Waals surface area contributed by atoms with E-state index in [1.807, 2.05) is 43.3 Å². The lowest BCUT2D eigenvalue weighted by Crippen LogP contribution is -2.31. The van der Waals surface area contributed by atoms with Gasteiger partial charge in [0.1, 0.15) is 5.70 Å². The van der Waals surface area contributed by atoms with Gasteiger partial charge in [0.05, 0.1) is 4.91 Å². The monoisotopic (exact) mass is 349 g/mol. The predicted molar refractivity (Wildman–Crippen MR) is 100.0 cm³/mol. The summed E-state index contributed by atoms with van der Waals surface area (Å²) in [5, 5.41) is 0. The summed E-state index contributed by atoms with van der Waals surface area (Å²) in [5.41, 5.74) is 2.81. The first kappa shape index (κ1) is 16.2. The summed E-state index contributed by atoms with van der Waals surface area (Å²) in [4.78, 5) is 29.9. The molecular weight excluding hydrogens is 330 g/mol. The standard InChI is InChI=1S/C21H19NO2S/c1-14-8-10-15(11-9-14)25-21-18(22-12-4-5-13-22)19(23)16-6-2-3-7-17(16)20(21)24/h2-3,6-11H,4-5,12-13H2,1H3. The van der Waals surface area contributed by atoms with E-state index in [4.69, 9.17) is 0 Å². The molecular formula is C21H19NO2S. The number of thioether (sulfide) groups is 1. The van der Waals surface area contributed by atoms with Crippen molar-refractivity contribution in [3.63, 3.8) is 0 Å². The van der Waals surface area contributed by atoms with E-state index in [0.29, 0.717) is 21.7 Å². The summed E-state index contributed by atoms with van der Waals surface area (Å²) in [6, 6.07) is 15.2. The van der Waals surface area contributed by atoms with Crippen molar-refractivity contribution in [2.75, 3.05) is 13.1 Å². The van der Waals surface area contributed by atoms with E-state index in [-0.39, 0.29) is 11.6 Å². The van der Waals surface area contributed by atoms with Crippen molar-refractivity contribution in [1.29, 1.82) is 0 Å². The van der Waals surface area contributed by atoms with Crippen LogP contribution in [-0.4, -0.2) is 29.6 Å². The molecule has 1 aliphatic heterocycles. The third-order valence-corrected chi connectivity index (χ3v) is 5.81. The molecule has 0 spiro atoms. The van der Waals surface area contributed by atoms with Crippen LogP contribution in [0.25, 0.3) is 0 Å². The number of benzene rings is 2. The molecule has 0 N–H and O–H groups in total. The average molecular weight is 349 g/mol. The van der Waals surface area contributed by atoms with Gasteiger partial charge >= 0.3 is 0 Å². The zero-order chi connectivity index (χ0) is 17.4. The number of rotatable bonds is 3. The molecule has 2 aromatic carbocycles. The molecule has 1 fully saturated rings. The fourth-order valence-electron chi connectivity index (χ4n) is 3.39. The number of fused-ring (bicyclic) bond motifs is 1. The number of aryl methyl sites for hydroxylation is 1. The lowest BCUT2D eigenvalue weighted by molar-refractivity contribution is 0.0954. The smallest absolute Gasteiger partial charge is 0.211 e. The second-order valence-corrected chi connectivity index (χ2v) is 7.57. The van der Waals surface area contributed by atoms with Gasteiger partial charge in [-0.15, -0.1) is 0 Å². The first-order valence-electron chi connectivity index (χ1n) is 8.57. The van der Waals surface area contributed by atoms with Crippen LogP contribution in [0.5, 0.6) is 0 Å². The van der Waals surface area contributed by atoms with Crippen LogP contribution < -0.4 is 0 Å². The van der Waals surface area contributed by atoms with Gasteiger partial charge in [0, 0.05) is 29.1 Å². The first-order chi connectivity index (χ1) is 12.1. The van der Waals surface area contributed by atoms with Gasteiger partial charge in [-0.1, -0.05) is 53.7 Å². The van der Waals surface area contributed by atoms with E-state index >= 15 is 0 Å². The number of hydrogen-bond donors (Lipinski definition) is 0. The maximum atomic E-state index is 13.1. The highest BCUT2D eigenvalue weighted by Gasteiger charge is 2.36. The van der Waals surface area contributed by atoms with Crippen LogP contribution in [0, 0.1) is 6.92 Å². The Bertz CT molecular complexity index is 877. The van der Waals surface area contributed by atoms with Crippen LogP contribution in [0.2, 0.25) is 0 Å². The third-order valence-electron chi connectivity index (χ3n) is 4.72. The Balaban J connectivity index is 1.82. The molecule has 2 aliphatic rings. The van der Waals surface area contributed by atoms with Gasteiger partial charge in [-0.2, -0.15) is 0 Å². The highest BCUT2D eigenvalue weighted by atomic mass is 32.2. The average Bonchev–Trinajstić information content (AvgIpc) is 3.15. The zero-order valence-electron chi connectivity index (χ0n) is 14.1. The largest absolute Gasteiger partial charge is 0.367 e. The minimum atomic E-state index is -0.0392. The Morgan fingerprint density at radius 3 is 2.08 bits per heavy atom. The summed E-state index contributed by atoms with van der Waals surface area (Å²) in [7, 11) is 0. The molecule has 0 saturated carbocycles. The Hall–Kier alpha value is -2.33. The highest BCUT2D eigenvalue weighted by molar-refractivity contribution is 8.04. The van der Waals surface area contributed by atoms with Gasteiger partial charge in [0.25, 0.3) is 0 Å². The number of nitrogens with zero attached hydrogens (tertiary/aromatic N) is 1. The van der Waals surface area contributed by atoms with Crippen LogP contribution >= 0.6 is 11.8 Å². The van der Waals surface area contributed by atoms with Crippen molar-refractivity contribution < 1.29 is 9.59 Å². The molecule has 0 atom stereocenters. The van der Waals surface area contributed by atoms with E-state index in [0.717, 1.165) is 30.8 Å². The lowest BCUT2D eigenvalue weighted by atomic mass is 9.92. The molecule has 0 aromatic heterocycles. The molecule has 4 heteroatoms. The Morgan fingerprint density at radius 1 is 0.840 bits per heavy atom. The van der Waals surface area contributed by atoms with Gasteiger partial charge in [0.15, 0.2) is 0 Å². The molecule has 25 heavy (non-hydrogen) atoms. The molecule has 1 aliphatic carbocycles. The number of ketones is 2. The molecule has 3 nitrogen and oxygen atoms in total. The van der Waals surface area contributed by atoms with Crippen molar-refractivity contribution in [2.45, 2.75) is 24.7 Å². The Labute approximate surface area is 151 Å². The molecule has 0 amide bonds. The van der Waals surface area contributed by atoms with Gasteiger partial charge in [-0.25, -0.2) is 0 Å². The van der Waals surface area contributed by atoms with Gasteiger partial charge in [0.2, 0.25) is 11.6 Å². The molecule has 2 aromatic rings. The maximum Gasteiger partial charge on any atom is 0.211 e. The van der Waals surface area contributed by atoms with E-state index in [1.165, 1.54) is 17.3 Å². The molecule has 4 rings (SSSR count). The molecule has 1 saturated heterocycles. The van der Waals surface area contributed by atoms with E-state index in [2.05, 4.69) is 4.90 Å². The van der Waals surface area contributed by atoms with E-state index in [9.17, 15) is 9.59 Å². The van der Waals surface area contributed by atoms with Gasteiger partial charge in [-0.3, -0.25) is 9.59 Å². The Morgan fingerprint density at radius 2 is 1.44 bits per heavy atom. The first-order valence-corrected chi connectivity index (χ1v) is 9.39. The molecule has 1 heterocycles. The molecule has 126 valence electrons. The summed E-state index contributed by atoms with van der Waals surface area (Å²) in [6.45, 7) is 3.72. The molecule has 0 radical (unpaired) electrons. The molecule has 0 unspecified atom stereocenters. The molecule has 0 bridgehead atoms. The third kappa shape index (κ3) is 2.91. The number of Topliss-reactive ketones (excluding diaryl/α,β-unsaturated/α-hetero) is 2. The van der Waals surface area contributed by atoms with Gasteiger partial charge < -0.3 is 4.90 Å². The minimum Gasteiger partial charge on any atom is -0.367 e. The van der Waals surface area contributed by atoms with Crippen LogP contribution in [0.15, 0.2) is 64.0 Å². The topological polar surface area (TPSA) is 37.4 Å². The number of carbonyl (C=O) groups is 2. The van der Waals surface area contributed by atoms with Crippen molar-refractivity contribution in [3.05, 3.63) is 75.8 Å². The quantitative estimate of drug-likeness (QED) is 0.819. The fraction of sp³-hybridized carbons (Fsp3) is 0.238. The van der Waals surface area contributed by atoms with E-state index < -0.39 is 0 Å². The summed E-state index contributed by atoms with van der Waals surface area (Å²) < 4.78 is 0.